The molecule has 4 rings (SSSR count). The standard InChI is InChI=1S/C23H24N4.C4H4O4/c1-26(2)14-7-15-27-17-19-10-6-11-20(18-8-4-3-5-9-18)23(19)25-21-12-13-24-16-22(21)27;5-3(6)1-2-4(7)8/h3-6,8-13,16-17H,7,14-15H2,1-2H3;1-2H,(H,5,6)(H,7,8). The molecule has 0 fully saturated rings. The maximum atomic E-state index is 9.55. The minimum Gasteiger partial charge on any atom is -0.478 e. The monoisotopic (exact) mass is 472 g/mol. The molecule has 8 nitrogen and oxygen atoms in total. The molecule has 1 aliphatic heterocycles. The molecule has 2 N–H and O–H groups in total. The summed E-state index contributed by atoms with van der Waals surface area (Å²) in [6.45, 7) is 1.98. The normalized spacial score (nSPS) is 11.9. The predicted molar refractivity (Wildman–Crippen MR) is 136 cm³/mol. The Kier molecular flexibility index (Phi) is 8.86. The van der Waals surface area contributed by atoms with Crippen LogP contribution in [0.15, 0.2) is 84.1 Å². The van der Waals surface area contributed by atoms with Crippen molar-refractivity contribution in [3.05, 3.63) is 89.7 Å². The Balaban J connectivity index is 0.000000371. The number of fused-ring (bicyclic) bond motifs is 2. The van der Waals surface area contributed by atoms with Gasteiger partial charge in [-0.25, -0.2) is 14.6 Å². The Hall–Kier alpha value is -4.30. The molecule has 2 heterocycles. The molecular formula is C27H28N4O4. The van der Waals surface area contributed by atoms with Gasteiger partial charge in [-0.15, -0.1) is 0 Å². The number of hydrogen-bond donors (Lipinski definition) is 2. The molecular weight excluding hydrogens is 444 g/mol. The van der Waals surface area contributed by atoms with Crippen LogP contribution < -0.4 is 15.5 Å². The molecule has 1 aromatic heterocycles. The van der Waals surface area contributed by atoms with E-state index < -0.39 is 11.9 Å². The summed E-state index contributed by atoms with van der Waals surface area (Å²) >= 11 is 0. The van der Waals surface area contributed by atoms with Crippen LogP contribution in [0.25, 0.3) is 17.3 Å². The Labute approximate surface area is 203 Å². The third kappa shape index (κ3) is 7.35. The van der Waals surface area contributed by atoms with Crippen LogP contribution >= 0.6 is 0 Å². The number of carbonyl (C=O) groups is 2. The molecule has 35 heavy (non-hydrogen) atoms. The second-order valence-corrected chi connectivity index (χ2v) is 8.07. The number of benzene rings is 2. The van der Waals surface area contributed by atoms with Crippen molar-refractivity contribution in [3.63, 3.8) is 0 Å². The van der Waals surface area contributed by atoms with Crippen LogP contribution in [-0.4, -0.2) is 59.2 Å². The molecule has 1 aliphatic rings. The highest BCUT2D eigenvalue weighted by Crippen LogP contribution is 2.29. The van der Waals surface area contributed by atoms with E-state index in [1.807, 2.05) is 24.5 Å². The summed E-state index contributed by atoms with van der Waals surface area (Å²) in [5.41, 5.74) is 4.37. The lowest BCUT2D eigenvalue weighted by Crippen LogP contribution is -2.30. The third-order valence-electron chi connectivity index (χ3n) is 5.14. The summed E-state index contributed by atoms with van der Waals surface area (Å²) in [4.78, 5) is 33.0. The highest BCUT2D eigenvalue weighted by molar-refractivity contribution is 5.89. The van der Waals surface area contributed by atoms with E-state index >= 15 is 0 Å². The van der Waals surface area contributed by atoms with Crippen LogP contribution in [0.1, 0.15) is 6.42 Å². The number of anilines is 1. The van der Waals surface area contributed by atoms with E-state index in [4.69, 9.17) is 15.2 Å². The summed E-state index contributed by atoms with van der Waals surface area (Å²) in [6, 6.07) is 18.9. The van der Waals surface area contributed by atoms with Gasteiger partial charge in [0.1, 0.15) is 0 Å². The average molecular weight is 473 g/mol. The Morgan fingerprint density at radius 2 is 1.69 bits per heavy atom. The van der Waals surface area contributed by atoms with Gasteiger partial charge in [0.05, 0.1) is 22.9 Å². The topological polar surface area (TPSA) is 106 Å². The molecule has 0 aliphatic carbocycles. The van der Waals surface area contributed by atoms with Crippen molar-refractivity contribution in [2.75, 3.05) is 32.1 Å². The molecule has 0 bridgehead atoms. The summed E-state index contributed by atoms with van der Waals surface area (Å²) in [6.07, 6.45) is 8.14. The van der Waals surface area contributed by atoms with Crippen LogP contribution in [0.5, 0.6) is 0 Å². The first kappa shape index (κ1) is 25.3. The van der Waals surface area contributed by atoms with E-state index in [0.717, 1.165) is 47.0 Å². The van der Waals surface area contributed by atoms with Crippen LogP contribution in [-0.2, 0) is 9.59 Å². The van der Waals surface area contributed by atoms with Crippen molar-refractivity contribution in [2.45, 2.75) is 6.42 Å². The minimum atomic E-state index is -1.26. The van der Waals surface area contributed by atoms with Gasteiger partial charge < -0.3 is 20.0 Å². The molecule has 0 radical (unpaired) electrons. The van der Waals surface area contributed by atoms with Crippen molar-refractivity contribution >= 4 is 29.5 Å². The number of aromatic nitrogens is 1. The molecule has 3 aromatic rings. The third-order valence-corrected chi connectivity index (χ3v) is 5.14. The minimum absolute atomic E-state index is 0.558. The molecule has 2 aromatic carbocycles. The number of nitrogens with zero attached hydrogens (tertiary/aromatic N) is 4. The Bertz CT molecular complexity index is 1300. The number of para-hydroxylation sites is 1. The first-order valence-electron chi connectivity index (χ1n) is 11.1. The lowest BCUT2D eigenvalue weighted by atomic mass is 10.0. The zero-order valence-electron chi connectivity index (χ0n) is 19.7. The van der Waals surface area contributed by atoms with Crippen LogP contribution in [0, 0.1) is 0 Å². The van der Waals surface area contributed by atoms with Gasteiger partial charge in [0.25, 0.3) is 0 Å². The van der Waals surface area contributed by atoms with Gasteiger partial charge in [0.15, 0.2) is 0 Å². The summed E-state index contributed by atoms with van der Waals surface area (Å²) < 4.78 is 0. The zero-order valence-corrected chi connectivity index (χ0v) is 19.7. The van der Waals surface area contributed by atoms with Crippen molar-refractivity contribution in [2.24, 2.45) is 4.99 Å². The number of hydrogen-bond acceptors (Lipinski definition) is 6. The first-order chi connectivity index (χ1) is 16.8. The van der Waals surface area contributed by atoms with Crippen molar-refractivity contribution < 1.29 is 19.8 Å². The highest BCUT2D eigenvalue weighted by atomic mass is 16.4. The van der Waals surface area contributed by atoms with Crippen molar-refractivity contribution in [1.82, 2.24) is 9.88 Å². The molecule has 0 saturated heterocycles. The summed E-state index contributed by atoms with van der Waals surface area (Å²) in [5.74, 6) is -2.51. The van der Waals surface area contributed by atoms with Crippen LogP contribution in [0.2, 0.25) is 0 Å². The molecule has 180 valence electrons. The maximum Gasteiger partial charge on any atom is 0.328 e. The Morgan fingerprint density at radius 3 is 2.34 bits per heavy atom. The molecule has 0 spiro atoms. The predicted octanol–water partition coefficient (Wildman–Crippen LogP) is 2.92. The SMILES string of the molecule is CN(C)CCCN1C=c2cccc(-c3ccccc3)c2=Nc2ccncc21.O=C(O)C=CC(=O)O. The number of carboxylic acid groups (broad SMARTS) is 2. The van der Waals surface area contributed by atoms with E-state index in [1.54, 1.807) is 0 Å². The van der Waals surface area contributed by atoms with Crippen molar-refractivity contribution in [1.29, 1.82) is 0 Å². The largest absolute Gasteiger partial charge is 0.478 e. The van der Waals surface area contributed by atoms with Gasteiger partial charge in [-0.1, -0.05) is 48.5 Å². The molecule has 0 saturated carbocycles. The smallest absolute Gasteiger partial charge is 0.328 e. The number of pyridine rings is 1. The van der Waals surface area contributed by atoms with Gasteiger partial charge >= 0.3 is 11.9 Å². The van der Waals surface area contributed by atoms with Gasteiger partial charge in [-0.3, -0.25) is 4.98 Å². The lowest BCUT2D eigenvalue weighted by molar-refractivity contribution is -0.134. The van der Waals surface area contributed by atoms with Crippen molar-refractivity contribution in [3.8, 4) is 11.1 Å². The number of rotatable bonds is 7. The maximum absolute atomic E-state index is 9.55. The number of aliphatic carboxylic acids is 2. The highest BCUT2D eigenvalue weighted by Gasteiger charge is 2.14. The van der Waals surface area contributed by atoms with E-state index in [0.29, 0.717) is 12.2 Å². The molecule has 0 atom stereocenters. The van der Waals surface area contributed by atoms with E-state index in [2.05, 4.69) is 77.5 Å². The quantitative estimate of drug-likeness (QED) is 0.509. The van der Waals surface area contributed by atoms with Gasteiger partial charge in [-0.2, -0.15) is 0 Å². The lowest BCUT2D eigenvalue weighted by Gasteiger charge is -2.21. The zero-order chi connectivity index (χ0) is 25.2. The second kappa shape index (κ2) is 12.2. The molecule has 0 unspecified atom stereocenters. The van der Waals surface area contributed by atoms with E-state index in [9.17, 15) is 9.59 Å². The summed E-state index contributed by atoms with van der Waals surface area (Å²) in [5, 5.41) is 17.8. The second-order valence-electron chi connectivity index (χ2n) is 8.07. The first-order valence-corrected chi connectivity index (χ1v) is 11.1. The number of carboxylic acids is 2. The van der Waals surface area contributed by atoms with Crippen LogP contribution in [0.4, 0.5) is 11.4 Å². The summed E-state index contributed by atoms with van der Waals surface area (Å²) in [7, 11) is 4.22. The fourth-order valence-electron chi connectivity index (χ4n) is 3.58. The van der Waals surface area contributed by atoms with E-state index in [-0.39, 0.29) is 0 Å². The van der Waals surface area contributed by atoms with E-state index in [1.165, 1.54) is 5.56 Å². The average Bonchev–Trinajstić information content (AvgIpc) is 3.00. The van der Waals surface area contributed by atoms with Gasteiger partial charge in [-0.05, 0) is 38.7 Å². The molecule has 0 amide bonds. The van der Waals surface area contributed by atoms with Crippen LogP contribution in [0.3, 0.4) is 0 Å². The molecule has 8 heteroatoms. The van der Waals surface area contributed by atoms with Gasteiger partial charge in [0, 0.05) is 41.9 Å². The van der Waals surface area contributed by atoms with Gasteiger partial charge in [0.2, 0.25) is 0 Å². The fourth-order valence-corrected chi connectivity index (χ4v) is 3.58. The Morgan fingerprint density at radius 1 is 0.971 bits per heavy atom. The fraction of sp³-hybridized carbons (Fsp3) is 0.185.